The standard InChI is InChI=1S/C12H23N3O3/c1-3-5-14-6-8-15(9-7-14)12(18)13-10(4-2)11(16)17/h10H,3-9H2,1-2H3,(H,13,18)(H,16,17)/t10-/m1/s1. The molecule has 0 spiro atoms. The maximum Gasteiger partial charge on any atom is 0.326 e. The number of piperazine rings is 1. The summed E-state index contributed by atoms with van der Waals surface area (Å²) in [6, 6.07) is -1.05. The Bertz CT molecular complexity index is 288. The summed E-state index contributed by atoms with van der Waals surface area (Å²) >= 11 is 0. The van der Waals surface area contributed by atoms with Gasteiger partial charge in [0.2, 0.25) is 0 Å². The summed E-state index contributed by atoms with van der Waals surface area (Å²) in [6.45, 7) is 8.01. The number of carboxylic acid groups (broad SMARTS) is 1. The van der Waals surface area contributed by atoms with Crippen molar-refractivity contribution in [1.82, 2.24) is 15.1 Å². The van der Waals surface area contributed by atoms with Gasteiger partial charge in [-0.15, -0.1) is 0 Å². The molecule has 0 unspecified atom stereocenters. The Balaban J connectivity index is 2.38. The van der Waals surface area contributed by atoms with Crippen molar-refractivity contribution in [2.24, 2.45) is 0 Å². The molecule has 0 aromatic rings. The molecule has 6 heteroatoms. The highest BCUT2D eigenvalue weighted by molar-refractivity contribution is 5.82. The zero-order chi connectivity index (χ0) is 13.5. The van der Waals surface area contributed by atoms with Crippen LogP contribution in [0.25, 0.3) is 0 Å². The quantitative estimate of drug-likeness (QED) is 0.756. The Labute approximate surface area is 108 Å². The molecule has 1 atom stereocenters. The molecular weight excluding hydrogens is 234 g/mol. The van der Waals surface area contributed by atoms with E-state index in [0.717, 1.165) is 26.1 Å². The van der Waals surface area contributed by atoms with Crippen LogP contribution in [-0.2, 0) is 4.79 Å². The van der Waals surface area contributed by atoms with E-state index in [1.54, 1.807) is 11.8 Å². The fourth-order valence-corrected chi connectivity index (χ4v) is 2.07. The van der Waals surface area contributed by atoms with Gasteiger partial charge >= 0.3 is 12.0 Å². The fourth-order valence-electron chi connectivity index (χ4n) is 2.07. The number of nitrogens with zero attached hydrogens (tertiary/aromatic N) is 2. The van der Waals surface area contributed by atoms with Gasteiger partial charge in [-0.25, -0.2) is 9.59 Å². The molecule has 6 nitrogen and oxygen atoms in total. The number of aliphatic carboxylic acids is 1. The highest BCUT2D eigenvalue weighted by Crippen LogP contribution is 2.03. The van der Waals surface area contributed by atoms with Gasteiger partial charge in [0.05, 0.1) is 0 Å². The van der Waals surface area contributed by atoms with Gasteiger partial charge in [0, 0.05) is 26.2 Å². The first-order valence-electron chi connectivity index (χ1n) is 6.59. The fraction of sp³-hybridized carbons (Fsp3) is 0.833. The van der Waals surface area contributed by atoms with Crippen molar-refractivity contribution in [2.75, 3.05) is 32.7 Å². The minimum atomic E-state index is -0.976. The molecule has 1 rings (SSSR count). The van der Waals surface area contributed by atoms with E-state index >= 15 is 0 Å². The number of urea groups is 1. The molecule has 2 amide bonds. The van der Waals surface area contributed by atoms with E-state index in [2.05, 4.69) is 17.1 Å². The maximum atomic E-state index is 11.9. The second-order valence-electron chi connectivity index (χ2n) is 4.58. The van der Waals surface area contributed by atoms with Gasteiger partial charge in [-0.05, 0) is 19.4 Å². The number of carbonyl (C=O) groups is 2. The third-order valence-electron chi connectivity index (χ3n) is 3.20. The molecule has 1 fully saturated rings. The third kappa shape index (κ3) is 4.18. The summed E-state index contributed by atoms with van der Waals surface area (Å²) in [5.74, 6) is -0.976. The van der Waals surface area contributed by atoms with E-state index in [9.17, 15) is 9.59 Å². The number of amides is 2. The minimum absolute atomic E-state index is 0.264. The van der Waals surface area contributed by atoms with Crippen molar-refractivity contribution < 1.29 is 14.7 Å². The first-order chi connectivity index (χ1) is 8.58. The SMILES string of the molecule is CCCN1CCN(C(=O)N[C@H](CC)C(=O)O)CC1. The average Bonchev–Trinajstić information content (AvgIpc) is 2.36. The van der Waals surface area contributed by atoms with Crippen LogP contribution in [0.3, 0.4) is 0 Å². The monoisotopic (exact) mass is 257 g/mol. The van der Waals surface area contributed by atoms with Crippen molar-refractivity contribution in [2.45, 2.75) is 32.7 Å². The van der Waals surface area contributed by atoms with E-state index < -0.39 is 12.0 Å². The Morgan fingerprint density at radius 2 is 1.83 bits per heavy atom. The van der Waals surface area contributed by atoms with E-state index in [-0.39, 0.29) is 6.03 Å². The average molecular weight is 257 g/mol. The van der Waals surface area contributed by atoms with Gasteiger partial charge in [0.1, 0.15) is 6.04 Å². The number of rotatable bonds is 5. The predicted octanol–water partition coefficient (Wildman–Crippen LogP) is 0.587. The largest absolute Gasteiger partial charge is 0.480 e. The number of carbonyl (C=O) groups excluding carboxylic acids is 1. The molecule has 1 saturated heterocycles. The Hall–Kier alpha value is -1.30. The molecule has 1 heterocycles. The van der Waals surface area contributed by atoms with Crippen molar-refractivity contribution in [3.63, 3.8) is 0 Å². The first kappa shape index (κ1) is 14.8. The summed E-state index contributed by atoms with van der Waals surface area (Å²) in [7, 11) is 0. The number of hydrogen-bond donors (Lipinski definition) is 2. The van der Waals surface area contributed by atoms with Gasteiger partial charge in [-0.3, -0.25) is 4.90 Å². The second kappa shape index (κ2) is 7.20. The lowest BCUT2D eigenvalue weighted by Crippen LogP contribution is -2.54. The second-order valence-corrected chi connectivity index (χ2v) is 4.58. The van der Waals surface area contributed by atoms with Crippen LogP contribution < -0.4 is 5.32 Å². The van der Waals surface area contributed by atoms with Crippen molar-refractivity contribution >= 4 is 12.0 Å². The zero-order valence-corrected chi connectivity index (χ0v) is 11.2. The molecule has 0 saturated carbocycles. The highest BCUT2D eigenvalue weighted by atomic mass is 16.4. The number of hydrogen-bond acceptors (Lipinski definition) is 3. The van der Waals surface area contributed by atoms with Crippen LogP contribution >= 0.6 is 0 Å². The smallest absolute Gasteiger partial charge is 0.326 e. The topological polar surface area (TPSA) is 72.9 Å². The van der Waals surface area contributed by atoms with Crippen molar-refractivity contribution in [3.8, 4) is 0 Å². The van der Waals surface area contributed by atoms with Crippen LogP contribution in [0.2, 0.25) is 0 Å². The zero-order valence-electron chi connectivity index (χ0n) is 11.2. The Morgan fingerprint density at radius 3 is 2.28 bits per heavy atom. The molecule has 0 bridgehead atoms. The van der Waals surface area contributed by atoms with Crippen LogP contribution in [0.5, 0.6) is 0 Å². The van der Waals surface area contributed by atoms with Crippen molar-refractivity contribution in [1.29, 1.82) is 0 Å². The molecule has 0 radical (unpaired) electrons. The predicted molar refractivity (Wildman–Crippen MR) is 68.6 cm³/mol. The molecule has 1 aliphatic heterocycles. The van der Waals surface area contributed by atoms with Crippen molar-refractivity contribution in [3.05, 3.63) is 0 Å². The molecule has 18 heavy (non-hydrogen) atoms. The minimum Gasteiger partial charge on any atom is -0.480 e. The van der Waals surface area contributed by atoms with Gasteiger partial charge in [0.15, 0.2) is 0 Å². The summed E-state index contributed by atoms with van der Waals surface area (Å²) in [6.07, 6.45) is 1.51. The highest BCUT2D eigenvalue weighted by Gasteiger charge is 2.24. The van der Waals surface area contributed by atoms with Gasteiger partial charge in [0.25, 0.3) is 0 Å². The van der Waals surface area contributed by atoms with Gasteiger partial charge in [-0.1, -0.05) is 13.8 Å². The normalized spacial score (nSPS) is 18.4. The van der Waals surface area contributed by atoms with Crippen LogP contribution in [0, 0.1) is 0 Å². The summed E-state index contributed by atoms with van der Waals surface area (Å²) in [5, 5.41) is 11.4. The summed E-state index contributed by atoms with van der Waals surface area (Å²) < 4.78 is 0. The van der Waals surface area contributed by atoms with Crippen LogP contribution in [0.1, 0.15) is 26.7 Å². The van der Waals surface area contributed by atoms with Crippen LogP contribution in [-0.4, -0.2) is 65.7 Å². The van der Waals surface area contributed by atoms with Gasteiger partial charge < -0.3 is 15.3 Å². The molecule has 0 aromatic heterocycles. The van der Waals surface area contributed by atoms with Crippen LogP contribution in [0.4, 0.5) is 4.79 Å². The molecule has 0 aromatic carbocycles. The van der Waals surface area contributed by atoms with E-state index in [1.807, 2.05) is 0 Å². The van der Waals surface area contributed by atoms with E-state index in [0.29, 0.717) is 19.5 Å². The van der Waals surface area contributed by atoms with Gasteiger partial charge in [-0.2, -0.15) is 0 Å². The molecule has 0 aliphatic carbocycles. The molecular formula is C12H23N3O3. The number of nitrogens with one attached hydrogen (secondary N) is 1. The molecule has 2 N–H and O–H groups in total. The van der Waals surface area contributed by atoms with E-state index in [4.69, 9.17) is 5.11 Å². The van der Waals surface area contributed by atoms with E-state index in [1.165, 1.54) is 0 Å². The lowest BCUT2D eigenvalue weighted by molar-refractivity contribution is -0.139. The third-order valence-corrected chi connectivity index (χ3v) is 3.20. The Kier molecular flexibility index (Phi) is 5.91. The first-order valence-corrected chi connectivity index (χ1v) is 6.59. The molecule has 1 aliphatic rings. The van der Waals surface area contributed by atoms with Crippen LogP contribution in [0.15, 0.2) is 0 Å². The maximum absolute atomic E-state index is 11.9. The summed E-state index contributed by atoms with van der Waals surface area (Å²) in [5.41, 5.74) is 0. The molecule has 104 valence electrons. The number of carboxylic acids is 1. The Morgan fingerprint density at radius 1 is 1.22 bits per heavy atom. The lowest BCUT2D eigenvalue weighted by Gasteiger charge is -2.35. The summed E-state index contributed by atoms with van der Waals surface area (Å²) in [4.78, 5) is 26.7. The lowest BCUT2D eigenvalue weighted by atomic mass is 10.2.